The van der Waals surface area contributed by atoms with Gasteiger partial charge in [0.25, 0.3) is 0 Å². The van der Waals surface area contributed by atoms with Gasteiger partial charge < -0.3 is 10.6 Å². The number of Topliss-reactive ketones (excluding diaryl/α,β-unsaturated/α-hetero) is 1. The van der Waals surface area contributed by atoms with Crippen molar-refractivity contribution in [1.82, 2.24) is 15.5 Å². The summed E-state index contributed by atoms with van der Waals surface area (Å²) in [5.74, 6) is -1.79. The number of carbonyl (C=O) groups is 2. The molecular formula is C18H23ClN4O2. The lowest BCUT2D eigenvalue weighted by Crippen LogP contribution is -2.37. The van der Waals surface area contributed by atoms with E-state index in [0.29, 0.717) is 17.4 Å². The Labute approximate surface area is 152 Å². The Bertz CT molecular complexity index is 744. The number of nitrogens with one attached hydrogen (secondary N) is 3. The second-order valence-corrected chi connectivity index (χ2v) is 6.29. The smallest absolute Gasteiger partial charge is 0.235 e. The highest BCUT2D eigenvalue weighted by molar-refractivity contribution is 6.29. The molecule has 0 aliphatic heterocycles. The summed E-state index contributed by atoms with van der Waals surface area (Å²) in [6, 6.07) is 9.23. The predicted molar refractivity (Wildman–Crippen MR) is 98.9 cm³/mol. The fourth-order valence-corrected chi connectivity index (χ4v) is 3.10. The third kappa shape index (κ3) is 4.67. The van der Waals surface area contributed by atoms with Crippen LogP contribution in [0, 0.1) is 5.92 Å². The Morgan fingerprint density at radius 2 is 2.04 bits per heavy atom. The Balaban J connectivity index is 2.31. The van der Waals surface area contributed by atoms with Gasteiger partial charge in [0.15, 0.2) is 5.15 Å². The van der Waals surface area contributed by atoms with E-state index in [9.17, 15) is 9.59 Å². The Kier molecular flexibility index (Phi) is 6.73. The lowest BCUT2D eigenvalue weighted by Gasteiger charge is -2.24. The van der Waals surface area contributed by atoms with Crippen molar-refractivity contribution in [3.05, 3.63) is 46.7 Å². The maximum atomic E-state index is 12.9. The monoisotopic (exact) mass is 362 g/mol. The van der Waals surface area contributed by atoms with Gasteiger partial charge in [-0.15, -0.1) is 0 Å². The van der Waals surface area contributed by atoms with Crippen LogP contribution in [0.15, 0.2) is 30.3 Å². The average Bonchev–Trinajstić information content (AvgIpc) is 3.01. The van der Waals surface area contributed by atoms with Crippen LogP contribution in [-0.2, 0) is 16.0 Å². The van der Waals surface area contributed by atoms with E-state index in [0.717, 1.165) is 17.7 Å². The summed E-state index contributed by atoms with van der Waals surface area (Å²) in [6.45, 7) is 3.88. The lowest BCUT2D eigenvalue weighted by molar-refractivity contribution is -0.130. The van der Waals surface area contributed by atoms with Crippen molar-refractivity contribution in [3.63, 3.8) is 0 Å². The maximum Gasteiger partial charge on any atom is 0.235 e. The van der Waals surface area contributed by atoms with Gasteiger partial charge in [0.1, 0.15) is 11.7 Å². The van der Waals surface area contributed by atoms with Gasteiger partial charge in [0.05, 0.1) is 0 Å². The molecule has 2 aromatic rings. The van der Waals surface area contributed by atoms with Crippen molar-refractivity contribution in [2.45, 2.75) is 26.2 Å². The number of nitrogens with zero attached hydrogens (tertiary/aromatic N) is 1. The number of halogens is 1. The number of H-pyrrole nitrogens is 1. The summed E-state index contributed by atoms with van der Waals surface area (Å²) in [6.07, 6.45) is 0.789. The molecule has 0 unspecified atom stereocenters. The molecule has 134 valence electrons. The van der Waals surface area contributed by atoms with Crippen LogP contribution in [-0.4, -0.2) is 35.5 Å². The number of benzene rings is 1. The third-order valence-corrected chi connectivity index (χ3v) is 4.36. The molecule has 1 aromatic heterocycles. The number of para-hydroxylation sites is 1. The zero-order chi connectivity index (χ0) is 18.4. The number of carbonyl (C=O) groups excluding carboxylic acids is 2. The maximum absolute atomic E-state index is 12.9. The minimum absolute atomic E-state index is 0.211. The highest BCUT2D eigenvalue weighted by Gasteiger charge is 2.34. The molecule has 25 heavy (non-hydrogen) atoms. The van der Waals surface area contributed by atoms with E-state index in [2.05, 4.69) is 20.8 Å². The SMILES string of the molecule is CCc1ccccc1NC(=O)[C@@H](C(C)=O)[C@H](CNC)c1cc(Cl)n[nH]1. The van der Waals surface area contributed by atoms with Crippen LogP contribution in [0.5, 0.6) is 0 Å². The Hall–Kier alpha value is -2.18. The first-order valence-corrected chi connectivity index (χ1v) is 8.60. The van der Waals surface area contributed by atoms with Crippen LogP contribution in [0.1, 0.15) is 31.0 Å². The van der Waals surface area contributed by atoms with Crippen molar-refractivity contribution in [2.75, 3.05) is 18.9 Å². The van der Waals surface area contributed by atoms with Crippen molar-refractivity contribution >= 4 is 29.0 Å². The van der Waals surface area contributed by atoms with E-state index in [1.54, 1.807) is 13.1 Å². The molecule has 1 aromatic carbocycles. The molecule has 0 saturated carbocycles. The molecule has 6 nitrogen and oxygen atoms in total. The molecule has 0 aliphatic carbocycles. The van der Waals surface area contributed by atoms with Gasteiger partial charge in [-0.3, -0.25) is 14.7 Å². The van der Waals surface area contributed by atoms with Crippen LogP contribution in [0.2, 0.25) is 5.15 Å². The van der Waals surface area contributed by atoms with Gasteiger partial charge in [-0.1, -0.05) is 36.7 Å². The molecule has 0 saturated heterocycles. The van der Waals surface area contributed by atoms with E-state index in [-0.39, 0.29) is 11.7 Å². The van der Waals surface area contributed by atoms with Gasteiger partial charge in [0.2, 0.25) is 5.91 Å². The van der Waals surface area contributed by atoms with E-state index in [4.69, 9.17) is 11.6 Å². The van der Waals surface area contributed by atoms with Gasteiger partial charge in [0, 0.05) is 23.8 Å². The number of likely N-dealkylation sites (N-methyl/N-ethyl adjacent to an activating group) is 1. The van der Waals surface area contributed by atoms with E-state index in [1.807, 2.05) is 31.2 Å². The second kappa shape index (κ2) is 8.78. The number of aromatic nitrogens is 2. The first-order valence-electron chi connectivity index (χ1n) is 8.22. The van der Waals surface area contributed by atoms with Crippen LogP contribution in [0.25, 0.3) is 0 Å². The van der Waals surface area contributed by atoms with Crippen molar-refractivity contribution in [2.24, 2.45) is 5.92 Å². The minimum atomic E-state index is -0.853. The summed E-state index contributed by atoms with van der Waals surface area (Å²) < 4.78 is 0. The number of aryl methyl sites for hydroxylation is 1. The molecule has 3 N–H and O–H groups in total. The number of hydrogen-bond acceptors (Lipinski definition) is 4. The minimum Gasteiger partial charge on any atom is -0.325 e. The molecule has 1 heterocycles. The highest BCUT2D eigenvalue weighted by atomic mass is 35.5. The fourth-order valence-electron chi connectivity index (χ4n) is 2.94. The van der Waals surface area contributed by atoms with Gasteiger partial charge in [-0.25, -0.2) is 0 Å². The second-order valence-electron chi connectivity index (χ2n) is 5.90. The summed E-state index contributed by atoms with van der Waals surface area (Å²) in [5, 5.41) is 12.9. The standard InChI is InChI=1S/C18H23ClN4O2/c1-4-12-7-5-6-8-14(12)21-18(25)17(11(2)24)13(10-20-3)15-9-16(19)23-22-15/h5-9,13,17,20H,4,10H2,1-3H3,(H,21,25)(H,22,23)/t13-,17+/m1/s1. The number of aromatic amines is 1. The fraction of sp³-hybridized carbons (Fsp3) is 0.389. The van der Waals surface area contributed by atoms with Crippen molar-refractivity contribution < 1.29 is 9.59 Å². The summed E-state index contributed by atoms with van der Waals surface area (Å²) in [4.78, 5) is 25.2. The van der Waals surface area contributed by atoms with Crippen LogP contribution in [0.3, 0.4) is 0 Å². The number of rotatable bonds is 8. The predicted octanol–water partition coefficient (Wildman–Crippen LogP) is 2.77. The summed E-state index contributed by atoms with van der Waals surface area (Å²) in [7, 11) is 1.77. The Morgan fingerprint density at radius 1 is 1.32 bits per heavy atom. The molecule has 0 bridgehead atoms. The van der Waals surface area contributed by atoms with E-state index in [1.165, 1.54) is 6.92 Å². The Morgan fingerprint density at radius 3 is 2.60 bits per heavy atom. The van der Waals surface area contributed by atoms with Crippen LogP contribution in [0.4, 0.5) is 5.69 Å². The van der Waals surface area contributed by atoms with Gasteiger partial charge >= 0.3 is 0 Å². The normalized spacial score (nSPS) is 13.3. The zero-order valence-electron chi connectivity index (χ0n) is 14.6. The van der Waals surface area contributed by atoms with Crippen LogP contribution < -0.4 is 10.6 Å². The molecule has 7 heteroatoms. The molecule has 0 radical (unpaired) electrons. The lowest BCUT2D eigenvalue weighted by atomic mass is 9.85. The van der Waals surface area contributed by atoms with Crippen molar-refractivity contribution in [1.29, 1.82) is 0 Å². The number of anilines is 1. The molecule has 2 atom stereocenters. The summed E-state index contributed by atoms with van der Waals surface area (Å²) in [5.41, 5.74) is 2.40. The van der Waals surface area contributed by atoms with E-state index < -0.39 is 11.8 Å². The first-order chi connectivity index (χ1) is 12.0. The van der Waals surface area contributed by atoms with Crippen LogP contribution >= 0.6 is 11.6 Å². The van der Waals surface area contributed by atoms with E-state index >= 15 is 0 Å². The van der Waals surface area contributed by atoms with Crippen molar-refractivity contribution in [3.8, 4) is 0 Å². The number of hydrogen-bond donors (Lipinski definition) is 3. The highest BCUT2D eigenvalue weighted by Crippen LogP contribution is 2.27. The van der Waals surface area contributed by atoms with Gasteiger partial charge in [-0.2, -0.15) is 5.10 Å². The van der Waals surface area contributed by atoms with Gasteiger partial charge in [-0.05, 0) is 38.1 Å². The summed E-state index contributed by atoms with van der Waals surface area (Å²) >= 11 is 5.89. The zero-order valence-corrected chi connectivity index (χ0v) is 15.4. The number of amides is 1. The third-order valence-electron chi connectivity index (χ3n) is 4.17. The first kappa shape index (κ1) is 19.1. The molecule has 1 amide bonds. The quantitative estimate of drug-likeness (QED) is 0.630. The molecule has 0 aliphatic rings. The molecule has 0 spiro atoms. The largest absolute Gasteiger partial charge is 0.325 e. The number of ketones is 1. The molecule has 0 fully saturated rings. The molecule has 2 rings (SSSR count). The topological polar surface area (TPSA) is 86.9 Å². The average molecular weight is 363 g/mol. The molecular weight excluding hydrogens is 340 g/mol.